The molecule has 1 saturated heterocycles. The van der Waals surface area contributed by atoms with Crippen molar-refractivity contribution >= 4 is 17.7 Å². The minimum Gasteiger partial charge on any atom is -0.347 e. The molecule has 4 heteroatoms. The van der Waals surface area contributed by atoms with E-state index < -0.39 is 0 Å². The lowest BCUT2D eigenvalue weighted by Crippen LogP contribution is -2.81. The lowest BCUT2D eigenvalue weighted by atomic mass is 9.86. The van der Waals surface area contributed by atoms with Crippen LogP contribution in [-0.2, 0) is 10.2 Å². The van der Waals surface area contributed by atoms with Gasteiger partial charge >= 0.3 is 0 Å². The highest BCUT2D eigenvalue weighted by atomic mass is 32.2. The second-order valence-corrected chi connectivity index (χ2v) is 8.16. The van der Waals surface area contributed by atoms with E-state index in [1.165, 1.54) is 11.1 Å². The Bertz CT molecular complexity index is 493. The fraction of sp³-hybridized carbons (Fsp3) is 0.588. The largest absolute Gasteiger partial charge is 0.347 e. The van der Waals surface area contributed by atoms with E-state index in [9.17, 15) is 4.79 Å². The van der Waals surface area contributed by atoms with Crippen LogP contribution in [0, 0.1) is 0 Å². The average molecular weight is 307 g/mol. The SMILES string of the molecule is C[NH2+]CCN1C(=O)[C@H](C)S[C@H]1c1ccc(C(C)(C)C)cc1. The van der Waals surface area contributed by atoms with Gasteiger partial charge in [0.15, 0.2) is 0 Å². The number of carbonyl (C=O) groups is 1. The smallest absolute Gasteiger partial charge is 0.236 e. The van der Waals surface area contributed by atoms with E-state index in [0.29, 0.717) is 0 Å². The van der Waals surface area contributed by atoms with Crippen molar-refractivity contribution in [1.29, 1.82) is 0 Å². The molecule has 1 aromatic carbocycles. The van der Waals surface area contributed by atoms with Crippen LogP contribution in [0.2, 0.25) is 0 Å². The molecule has 0 aromatic heterocycles. The Kier molecular flexibility index (Phi) is 4.99. The molecule has 1 heterocycles. The van der Waals surface area contributed by atoms with Crippen LogP contribution in [0.3, 0.4) is 0 Å². The normalized spacial score (nSPS) is 22.9. The summed E-state index contributed by atoms with van der Waals surface area (Å²) in [5.74, 6) is 0.270. The van der Waals surface area contributed by atoms with Gasteiger partial charge in [-0.3, -0.25) is 4.79 Å². The monoisotopic (exact) mass is 307 g/mol. The van der Waals surface area contributed by atoms with Crippen LogP contribution in [0.25, 0.3) is 0 Å². The first-order valence-electron chi connectivity index (χ1n) is 7.69. The van der Waals surface area contributed by atoms with Gasteiger partial charge in [-0.15, -0.1) is 11.8 Å². The predicted molar refractivity (Wildman–Crippen MR) is 89.4 cm³/mol. The zero-order valence-electron chi connectivity index (χ0n) is 13.7. The Morgan fingerprint density at radius 2 is 1.86 bits per heavy atom. The Morgan fingerprint density at radius 3 is 2.38 bits per heavy atom. The Balaban J connectivity index is 2.21. The molecule has 116 valence electrons. The molecule has 0 radical (unpaired) electrons. The molecular weight excluding hydrogens is 280 g/mol. The summed E-state index contributed by atoms with van der Waals surface area (Å²) in [4.78, 5) is 14.3. The molecule has 0 saturated carbocycles. The maximum absolute atomic E-state index is 12.3. The van der Waals surface area contributed by atoms with Crippen molar-refractivity contribution in [2.24, 2.45) is 0 Å². The van der Waals surface area contributed by atoms with Gasteiger partial charge in [0.05, 0.1) is 25.4 Å². The average Bonchev–Trinajstić information content (AvgIpc) is 2.72. The molecule has 1 aliphatic rings. The molecule has 3 nitrogen and oxygen atoms in total. The van der Waals surface area contributed by atoms with Crippen molar-refractivity contribution in [3.8, 4) is 0 Å². The number of nitrogens with two attached hydrogens (primary N) is 1. The molecule has 0 bridgehead atoms. The summed E-state index contributed by atoms with van der Waals surface area (Å²) in [5, 5.41) is 2.36. The zero-order valence-corrected chi connectivity index (χ0v) is 14.5. The number of rotatable bonds is 4. The number of benzene rings is 1. The van der Waals surface area contributed by atoms with Gasteiger partial charge in [-0.2, -0.15) is 0 Å². The summed E-state index contributed by atoms with van der Waals surface area (Å²) in [6, 6.07) is 8.78. The molecule has 1 fully saturated rings. The van der Waals surface area contributed by atoms with Crippen LogP contribution in [0.1, 0.15) is 44.2 Å². The molecule has 2 N–H and O–H groups in total. The first kappa shape index (κ1) is 16.4. The van der Waals surface area contributed by atoms with Gasteiger partial charge in [-0.25, -0.2) is 0 Å². The molecule has 1 amide bonds. The van der Waals surface area contributed by atoms with Gasteiger partial charge < -0.3 is 10.2 Å². The molecule has 0 aliphatic carbocycles. The summed E-state index contributed by atoms with van der Waals surface area (Å²) >= 11 is 1.76. The molecule has 21 heavy (non-hydrogen) atoms. The highest BCUT2D eigenvalue weighted by molar-refractivity contribution is 8.01. The van der Waals surface area contributed by atoms with Crippen molar-refractivity contribution in [1.82, 2.24) is 4.90 Å². The standard InChI is InChI=1S/C17H26N2OS/c1-12-15(20)19(11-10-18-5)16(21-12)13-6-8-14(9-7-13)17(2,3)4/h6-9,12,16,18H,10-11H2,1-5H3/p+1/t12-,16-/m0/s1. The van der Waals surface area contributed by atoms with Crippen molar-refractivity contribution in [3.05, 3.63) is 35.4 Å². The fourth-order valence-corrected chi connectivity index (χ4v) is 3.89. The zero-order chi connectivity index (χ0) is 15.6. The van der Waals surface area contributed by atoms with E-state index in [2.05, 4.69) is 50.4 Å². The summed E-state index contributed by atoms with van der Waals surface area (Å²) < 4.78 is 0. The third kappa shape index (κ3) is 3.61. The highest BCUT2D eigenvalue weighted by Crippen LogP contribution is 2.42. The third-order valence-electron chi connectivity index (χ3n) is 3.97. The van der Waals surface area contributed by atoms with Gasteiger partial charge in [0.1, 0.15) is 5.37 Å². The number of hydrogen-bond donors (Lipinski definition) is 1. The number of nitrogens with zero attached hydrogens (tertiary/aromatic N) is 1. The minimum atomic E-state index is 0.0640. The summed E-state index contributed by atoms with van der Waals surface area (Å²) in [5.41, 5.74) is 2.74. The number of quaternary nitrogens is 1. The highest BCUT2D eigenvalue weighted by Gasteiger charge is 2.38. The first-order valence-corrected chi connectivity index (χ1v) is 8.63. The molecule has 2 atom stereocenters. The molecule has 1 aromatic rings. The molecular formula is C17H27N2OS+. The summed E-state index contributed by atoms with van der Waals surface area (Å²) in [7, 11) is 2.05. The van der Waals surface area contributed by atoms with E-state index >= 15 is 0 Å². The number of hydrogen-bond acceptors (Lipinski definition) is 2. The molecule has 2 rings (SSSR count). The van der Waals surface area contributed by atoms with Crippen LogP contribution in [-0.4, -0.2) is 36.2 Å². The maximum Gasteiger partial charge on any atom is 0.236 e. The second-order valence-electron chi connectivity index (χ2n) is 6.73. The summed E-state index contributed by atoms with van der Waals surface area (Å²) in [6.07, 6.45) is 0. The number of carbonyl (C=O) groups excluding carboxylic acids is 1. The van der Waals surface area contributed by atoms with E-state index in [0.717, 1.165) is 13.1 Å². The van der Waals surface area contributed by atoms with Crippen LogP contribution in [0.5, 0.6) is 0 Å². The third-order valence-corrected chi connectivity index (χ3v) is 5.36. The number of likely N-dealkylation sites (N-methyl/N-ethyl adjacent to an activating group) is 1. The van der Waals surface area contributed by atoms with Gasteiger partial charge in [0, 0.05) is 0 Å². The fourth-order valence-electron chi connectivity index (χ4n) is 2.58. The van der Waals surface area contributed by atoms with Gasteiger partial charge in [-0.05, 0) is 23.5 Å². The van der Waals surface area contributed by atoms with E-state index in [1.807, 2.05) is 18.9 Å². The Hall–Kier alpha value is -1.00. The van der Waals surface area contributed by atoms with Crippen LogP contribution >= 0.6 is 11.8 Å². The number of amides is 1. The maximum atomic E-state index is 12.3. The quantitative estimate of drug-likeness (QED) is 0.925. The second kappa shape index (κ2) is 6.41. The molecule has 1 aliphatic heterocycles. The van der Waals surface area contributed by atoms with Gasteiger partial charge in [0.25, 0.3) is 0 Å². The Morgan fingerprint density at radius 1 is 1.24 bits per heavy atom. The van der Waals surface area contributed by atoms with E-state index in [-0.39, 0.29) is 21.9 Å². The minimum absolute atomic E-state index is 0.0640. The summed E-state index contributed by atoms with van der Waals surface area (Å²) in [6.45, 7) is 10.5. The van der Waals surface area contributed by atoms with Crippen molar-refractivity contribution < 1.29 is 10.1 Å². The van der Waals surface area contributed by atoms with Crippen LogP contribution in [0.4, 0.5) is 0 Å². The topological polar surface area (TPSA) is 36.9 Å². The van der Waals surface area contributed by atoms with Gasteiger partial charge in [0.2, 0.25) is 5.91 Å². The predicted octanol–water partition coefficient (Wildman–Crippen LogP) is 2.14. The van der Waals surface area contributed by atoms with E-state index in [4.69, 9.17) is 0 Å². The van der Waals surface area contributed by atoms with E-state index in [1.54, 1.807) is 11.8 Å². The van der Waals surface area contributed by atoms with Gasteiger partial charge in [-0.1, -0.05) is 45.0 Å². The lowest BCUT2D eigenvalue weighted by Gasteiger charge is -2.24. The van der Waals surface area contributed by atoms with Crippen LogP contribution in [0.15, 0.2) is 24.3 Å². The van der Waals surface area contributed by atoms with Crippen molar-refractivity contribution in [2.45, 2.75) is 43.7 Å². The Labute approximate surface area is 132 Å². The first-order chi connectivity index (χ1) is 9.84. The van der Waals surface area contributed by atoms with Crippen molar-refractivity contribution in [3.63, 3.8) is 0 Å². The van der Waals surface area contributed by atoms with Crippen molar-refractivity contribution in [2.75, 3.05) is 20.1 Å². The molecule has 0 spiro atoms. The van der Waals surface area contributed by atoms with Crippen LogP contribution < -0.4 is 5.32 Å². The number of thioether (sulfide) groups is 1. The lowest BCUT2D eigenvalue weighted by molar-refractivity contribution is -0.626. The molecule has 0 unspecified atom stereocenters.